The van der Waals surface area contributed by atoms with Gasteiger partial charge in [-0.2, -0.15) is 0 Å². The summed E-state index contributed by atoms with van der Waals surface area (Å²) in [4.78, 5) is 0. The Morgan fingerprint density at radius 3 is 2.33 bits per heavy atom. The summed E-state index contributed by atoms with van der Waals surface area (Å²) in [7, 11) is 0. The Labute approximate surface area is 113 Å². The molecule has 1 unspecified atom stereocenters. The minimum absolute atomic E-state index is 0.129. The summed E-state index contributed by atoms with van der Waals surface area (Å²) in [5.41, 5.74) is 0.281. The van der Waals surface area contributed by atoms with E-state index in [9.17, 15) is 0 Å². The smallest absolute Gasteiger partial charge is 0.155 e. The van der Waals surface area contributed by atoms with E-state index in [4.69, 9.17) is 9.47 Å². The van der Waals surface area contributed by atoms with Crippen LogP contribution in [-0.2, 0) is 9.47 Å². The van der Waals surface area contributed by atoms with Gasteiger partial charge in [0.15, 0.2) is 6.29 Å². The Bertz CT molecular complexity index is 248. The fraction of sp³-hybridized carbons (Fsp3) is 0.875. The minimum Gasteiger partial charge on any atom is -0.353 e. The molecule has 0 aliphatic heterocycles. The molecule has 1 saturated carbocycles. The van der Waals surface area contributed by atoms with E-state index < -0.39 is 0 Å². The lowest BCUT2D eigenvalue weighted by atomic mass is 9.71. The quantitative estimate of drug-likeness (QED) is 0.373. The zero-order valence-electron chi connectivity index (χ0n) is 12.6. The predicted molar refractivity (Wildman–Crippen MR) is 76.6 cm³/mol. The molecule has 0 aromatic heterocycles. The molecular formula is C16H30O2. The van der Waals surface area contributed by atoms with Crippen molar-refractivity contribution in [2.75, 3.05) is 6.61 Å². The Morgan fingerprint density at radius 2 is 1.83 bits per heavy atom. The summed E-state index contributed by atoms with van der Waals surface area (Å²) in [6.45, 7) is 13.6. The zero-order chi connectivity index (χ0) is 13.6. The van der Waals surface area contributed by atoms with Gasteiger partial charge in [0.25, 0.3) is 0 Å². The van der Waals surface area contributed by atoms with Gasteiger partial charge in [-0.15, -0.1) is 6.58 Å². The topological polar surface area (TPSA) is 18.5 Å². The lowest BCUT2D eigenvalue weighted by Crippen LogP contribution is -2.40. The molecule has 0 amide bonds. The van der Waals surface area contributed by atoms with Gasteiger partial charge in [-0.25, -0.2) is 0 Å². The second-order valence-electron chi connectivity index (χ2n) is 6.34. The Hall–Kier alpha value is -0.340. The van der Waals surface area contributed by atoms with E-state index in [0.29, 0.717) is 5.41 Å². The third-order valence-corrected chi connectivity index (χ3v) is 4.07. The highest BCUT2D eigenvalue weighted by atomic mass is 16.7. The van der Waals surface area contributed by atoms with Gasteiger partial charge in [0.1, 0.15) is 0 Å². The van der Waals surface area contributed by atoms with E-state index in [1.54, 1.807) is 0 Å². The number of hydrogen-bond donors (Lipinski definition) is 0. The van der Waals surface area contributed by atoms with E-state index in [2.05, 4.69) is 27.4 Å². The van der Waals surface area contributed by atoms with Gasteiger partial charge >= 0.3 is 0 Å². The lowest BCUT2D eigenvalue weighted by Gasteiger charge is -2.42. The molecule has 0 spiro atoms. The molecule has 0 aromatic rings. The third kappa shape index (κ3) is 4.74. The Morgan fingerprint density at radius 1 is 1.22 bits per heavy atom. The molecule has 1 atom stereocenters. The average Bonchev–Trinajstić information content (AvgIpc) is 2.33. The molecule has 18 heavy (non-hydrogen) atoms. The van der Waals surface area contributed by atoms with Crippen LogP contribution in [0.1, 0.15) is 66.2 Å². The molecule has 0 N–H and O–H groups in total. The van der Waals surface area contributed by atoms with E-state index in [-0.39, 0.29) is 11.9 Å². The summed E-state index contributed by atoms with van der Waals surface area (Å²) in [5, 5.41) is 0. The van der Waals surface area contributed by atoms with Crippen molar-refractivity contribution < 1.29 is 9.47 Å². The highest BCUT2D eigenvalue weighted by Gasteiger charge is 2.38. The van der Waals surface area contributed by atoms with Crippen LogP contribution in [-0.4, -0.2) is 18.5 Å². The Balaban J connectivity index is 2.44. The van der Waals surface area contributed by atoms with Gasteiger partial charge in [0, 0.05) is 6.61 Å². The van der Waals surface area contributed by atoms with Gasteiger partial charge in [-0.05, 0) is 44.4 Å². The van der Waals surface area contributed by atoms with Crippen molar-refractivity contribution in [1.29, 1.82) is 0 Å². The van der Waals surface area contributed by atoms with Crippen LogP contribution in [0.4, 0.5) is 0 Å². The van der Waals surface area contributed by atoms with Crippen LogP contribution < -0.4 is 0 Å². The number of unbranched alkanes of at least 4 members (excludes halogenated alkanes) is 1. The zero-order valence-corrected chi connectivity index (χ0v) is 12.6. The molecule has 1 fully saturated rings. The number of ether oxygens (including phenoxy) is 2. The first-order chi connectivity index (χ1) is 8.43. The van der Waals surface area contributed by atoms with Crippen molar-refractivity contribution in [3.8, 4) is 0 Å². The first kappa shape index (κ1) is 15.7. The van der Waals surface area contributed by atoms with Crippen molar-refractivity contribution in [3.05, 3.63) is 12.7 Å². The molecule has 0 radical (unpaired) electrons. The van der Waals surface area contributed by atoms with Crippen LogP contribution in [0.25, 0.3) is 0 Å². The highest BCUT2D eigenvalue weighted by molar-refractivity contribution is 5.02. The standard InChI is InChI=1S/C16H30O2/c1-6-8-13-17-14(3)18-16(7-2)11-9-15(4,5)10-12-16/h7,14H,2,6,8-13H2,1,3-5H3. The summed E-state index contributed by atoms with van der Waals surface area (Å²) in [6.07, 6.45) is 8.63. The van der Waals surface area contributed by atoms with Gasteiger partial charge < -0.3 is 9.47 Å². The molecule has 2 heteroatoms. The lowest BCUT2D eigenvalue weighted by molar-refractivity contribution is -0.199. The fourth-order valence-corrected chi connectivity index (χ4v) is 2.48. The first-order valence-corrected chi connectivity index (χ1v) is 7.36. The van der Waals surface area contributed by atoms with E-state index in [0.717, 1.165) is 32.3 Å². The molecule has 0 aromatic carbocycles. The van der Waals surface area contributed by atoms with E-state index in [1.807, 2.05) is 13.0 Å². The van der Waals surface area contributed by atoms with Crippen molar-refractivity contribution in [2.45, 2.75) is 78.1 Å². The fourth-order valence-electron chi connectivity index (χ4n) is 2.48. The minimum atomic E-state index is -0.166. The van der Waals surface area contributed by atoms with E-state index in [1.165, 1.54) is 12.8 Å². The van der Waals surface area contributed by atoms with E-state index >= 15 is 0 Å². The predicted octanol–water partition coefficient (Wildman–Crippen LogP) is 4.69. The van der Waals surface area contributed by atoms with Crippen LogP contribution in [0.3, 0.4) is 0 Å². The van der Waals surface area contributed by atoms with Gasteiger partial charge in [0.2, 0.25) is 0 Å². The largest absolute Gasteiger partial charge is 0.353 e. The molecule has 0 saturated heterocycles. The number of rotatable bonds is 7. The maximum atomic E-state index is 6.13. The van der Waals surface area contributed by atoms with Gasteiger partial charge in [-0.1, -0.05) is 33.3 Å². The van der Waals surface area contributed by atoms with Gasteiger partial charge in [-0.3, -0.25) is 0 Å². The van der Waals surface area contributed by atoms with Crippen LogP contribution in [0.2, 0.25) is 0 Å². The number of hydrogen-bond acceptors (Lipinski definition) is 2. The molecule has 0 bridgehead atoms. The molecule has 1 aliphatic carbocycles. The van der Waals surface area contributed by atoms with Crippen molar-refractivity contribution >= 4 is 0 Å². The molecule has 2 nitrogen and oxygen atoms in total. The van der Waals surface area contributed by atoms with Crippen LogP contribution in [0, 0.1) is 5.41 Å². The highest BCUT2D eigenvalue weighted by Crippen LogP contribution is 2.43. The summed E-state index contributed by atoms with van der Waals surface area (Å²) < 4.78 is 11.8. The monoisotopic (exact) mass is 254 g/mol. The summed E-state index contributed by atoms with van der Waals surface area (Å²) in [6, 6.07) is 0. The summed E-state index contributed by atoms with van der Waals surface area (Å²) >= 11 is 0. The normalized spacial score (nSPS) is 23.6. The summed E-state index contributed by atoms with van der Waals surface area (Å²) in [5.74, 6) is 0. The van der Waals surface area contributed by atoms with Gasteiger partial charge in [0.05, 0.1) is 5.60 Å². The second kappa shape index (κ2) is 6.72. The molecular weight excluding hydrogens is 224 g/mol. The average molecular weight is 254 g/mol. The first-order valence-electron chi connectivity index (χ1n) is 7.36. The van der Waals surface area contributed by atoms with Crippen molar-refractivity contribution in [2.24, 2.45) is 5.41 Å². The molecule has 1 rings (SSSR count). The maximum Gasteiger partial charge on any atom is 0.155 e. The SMILES string of the molecule is C=CC1(OC(C)OCCCC)CCC(C)(C)CC1. The van der Waals surface area contributed by atoms with Crippen LogP contribution >= 0.6 is 0 Å². The van der Waals surface area contributed by atoms with Crippen LogP contribution in [0.5, 0.6) is 0 Å². The van der Waals surface area contributed by atoms with Crippen molar-refractivity contribution in [1.82, 2.24) is 0 Å². The molecule has 0 heterocycles. The Kier molecular flexibility index (Phi) is 5.87. The second-order valence-corrected chi connectivity index (χ2v) is 6.34. The third-order valence-electron chi connectivity index (χ3n) is 4.07. The maximum absolute atomic E-state index is 6.13. The van der Waals surface area contributed by atoms with Crippen LogP contribution in [0.15, 0.2) is 12.7 Å². The van der Waals surface area contributed by atoms with Crippen molar-refractivity contribution in [3.63, 3.8) is 0 Å². The molecule has 106 valence electrons. The molecule has 1 aliphatic rings.